The van der Waals surface area contributed by atoms with E-state index >= 15 is 0 Å². The molecular formula is C20H19FN4O3S. The van der Waals surface area contributed by atoms with Crippen molar-refractivity contribution in [3.8, 4) is 11.1 Å². The fourth-order valence-electron chi connectivity index (χ4n) is 4.81. The number of halogens is 1. The van der Waals surface area contributed by atoms with Gasteiger partial charge in [-0.15, -0.1) is 0 Å². The van der Waals surface area contributed by atoms with Gasteiger partial charge in [-0.3, -0.25) is 10.1 Å². The molecule has 2 spiro atoms. The standard InChI is InChI=1S/C20H19FN4O3S/c21-15-5-2-13(3-6-15)14-4-7-16(22-10-14)29(28)25-11-19(12-25)8-1-9-20(19)17(26)23-18(27)24-20/h2-7,10H,1,8-9,11-12H2,(H2,23,24,26,27). The molecular weight excluding hydrogens is 395 g/mol. The lowest BCUT2D eigenvalue weighted by Crippen LogP contribution is -2.70. The summed E-state index contributed by atoms with van der Waals surface area (Å²) in [6.45, 7) is 0.934. The molecule has 3 fully saturated rings. The van der Waals surface area contributed by atoms with E-state index in [-0.39, 0.29) is 17.1 Å². The third-order valence-corrected chi connectivity index (χ3v) is 7.67. The van der Waals surface area contributed by atoms with Gasteiger partial charge < -0.3 is 5.32 Å². The van der Waals surface area contributed by atoms with Crippen molar-refractivity contribution in [1.82, 2.24) is 19.9 Å². The van der Waals surface area contributed by atoms with Crippen molar-refractivity contribution in [3.63, 3.8) is 0 Å². The molecule has 2 atom stereocenters. The quantitative estimate of drug-likeness (QED) is 0.752. The van der Waals surface area contributed by atoms with E-state index < -0.39 is 22.6 Å². The molecule has 1 aliphatic carbocycles. The molecule has 2 aromatic rings. The molecule has 3 heterocycles. The van der Waals surface area contributed by atoms with Crippen LogP contribution >= 0.6 is 0 Å². The number of hydrogen-bond donors (Lipinski definition) is 2. The van der Waals surface area contributed by atoms with Gasteiger partial charge in [0.2, 0.25) is 0 Å². The molecule has 0 radical (unpaired) electrons. The van der Waals surface area contributed by atoms with Gasteiger partial charge in [0.15, 0.2) is 0 Å². The van der Waals surface area contributed by atoms with Crippen LogP contribution in [0.3, 0.4) is 0 Å². The Kier molecular flexibility index (Phi) is 4.08. The zero-order valence-corrected chi connectivity index (χ0v) is 16.3. The SMILES string of the molecule is O=C1NC(=O)C2(CCCC23CN(S(=O)c2ccc(-c4ccc(F)cc4)cn2)C3)N1. The van der Waals surface area contributed by atoms with E-state index in [0.717, 1.165) is 24.0 Å². The number of carbonyl (C=O) groups is 2. The van der Waals surface area contributed by atoms with Gasteiger partial charge in [0.25, 0.3) is 5.91 Å². The first-order chi connectivity index (χ1) is 13.9. The maximum Gasteiger partial charge on any atom is 0.322 e. The predicted octanol–water partition coefficient (Wildman–Crippen LogP) is 1.97. The molecule has 2 unspecified atom stereocenters. The van der Waals surface area contributed by atoms with Crippen LogP contribution < -0.4 is 10.6 Å². The highest BCUT2D eigenvalue weighted by atomic mass is 32.2. The smallest absolute Gasteiger partial charge is 0.322 e. The van der Waals surface area contributed by atoms with E-state index in [1.165, 1.54) is 12.1 Å². The Hall–Kier alpha value is -2.65. The van der Waals surface area contributed by atoms with Crippen molar-refractivity contribution < 1.29 is 18.2 Å². The summed E-state index contributed by atoms with van der Waals surface area (Å²) in [6.07, 6.45) is 3.89. The molecule has 150 valence electrons. The van der Waals surface area contributed by atoms with Crippen molar-refractivity contribution in [2.75, 3.05) is 13.1 Å². The molecule has 2 aliphatic heterocycles. The molecule has 0 bridgehead atoms. The van der Waals surface area contributed by atoms with Gasteiger partial charge in [0, 0.05) is 30.3 Å². The number of imide groups is 1. The molecule has 1 aromatic heterocycles. The number of fused-ring (bicyclic) bond motifs is 1. The van der Waals surface area contributed by atoms with E-state index in [0.29, 0.717) is 24.5 Å². The number of nitrogens with one attached hydrogen (secondary N) is 2. The summed E-state index contributed by atoms with van der Waals surface area (Å²) >= 11 is 0. The number of aromatic nitrogens is 1. The highest BCUT2D eigenvalue weighted by molar-refractivity contribution is 7.82. The lowest BCUT2D eigenvalue weighted by Gasteiger charge is -2.53. The molecule has 29 heavy (non-hydrogen) atoms. The first-order valence-corrected chi connectivity index (χ1v) is 10.6. The number of nitrogens with zero attached hydrogens (tertiary/aromatic N) is 2. The zero-order valence-electron chi connectivity index (χ0n) is 15.5. The Morgan fingerprint density at radius 3 is 2.38 bits per heavy atom. The van der Waals surface area contributed by atoms with Crippen LogP contribution in [0.25, 0.3) is 11.1 Å². The lowest BCUT2D eigenvalue weighted by atomic mass is 9.67. The minimum absolute atomic E-state index is 0.271. The Bertz CT molecular complexity index is 1020. The van der Waals surface area contributed by atoms with Crippen molar-refractivity contribution in [2.24, 2.45) is 5.41 Å². The number of rotatable bonds is 3. The number of hydrogen-bond acceptors (Lipinski definition) is 4. The fraction of sp³-hybridized carbons (Fsp3) is 0.350. The summed E-state index contributed by atoms with van der Waals surface area (Å²) in [6, 6.07) is 9.17. The van der Waals surface area contributed by atoms with Crippen LogP contribution in [-0.4, -0.2) is 44.1 Å². The van der Waals surface area contributed by atoms with E-state index in [9.17, 15) is 18.2 Å². The van der Waals surface area contributed by atoms with Gasteiger partial charge in [-0.05, 0) is 43.0 Å². The first kappa shape index (κ1) is 18.4. The number of benzene rings is 1. The molecule has 9 heteroatoms. The summed E-state index contributed by atoms with van der Waals surface area (Å²) in [5, 5.41) is 5.62. The van der Waals surface area contributed by atoms with Crippen molar-refractivity contribution in [2.45, 2.75) is 29.8 Å². The lowest BCUT2D eigenvalue weighted by molar-refractivity contribution is -0.131. The molecule has 5 rings (SSSR count). The van der Waals surface area contributed by atoms with E-state index in [2.05, 4.69) is 15.6 Å². The van der Waals surface area contributed by atoms with Crippen LogP contribution in [0.4, 0.5) is 9.18 Å². The molecule has 7 nitrogen and oxygen atoms in total. The summed E-state index contributed by atoms with van der Waals surface area (Å²) in [5.41, 5.74) is 0.373. The second-order valence-corrected chi connectivity index (χ2v) is 9.32. The van der Waals surface area contributed by atoms with Crippen LogP contribution in [0.5, 0.6) is 0 Å². The van der Waals surface area contributed by atoms with Gasteiger partial charge in [0.1, 0.15) is 27.4 Å². The van der Waals surface area contributed by atoms with E-state index in [1.54, 1.807) is 28.7 Å². The van der Waals surface area contributed by atoms with Crippen LogP contribution in [0, 0.1) is 11.2 Å². The summed E-state index contributed by atoms with van der Waals surface area (Å²) in [5.74, 6) is -0.574. The maximum atomic E-state index is 13.1. The summed E-state index contributed by atoms with van der Waals surface area (Å²) in [7, 11) is -1.45. The molecule has 2 N–H and O–H groups in total. The van der Waals surface area contributed by atoms with Crippen molar-refractivity contribution in [1.29, 1.82) is 0 Å². The predicted molar refractivity (Wildman–Crippen MR) is 103 cm³/mol. The third kappa shape index (κ3) is 2.71. The zero-order chi connectivity index (χ0) is 20.2. The minimum Gasteiger partial charge on any atom is -0.323 e. The van der Waals surface area contributed by atoms with Crippen LogP contribution in [-0.2, 0) is 15.8 Å². The largest absolute Gasteiger partial charge is 0.323 e. The highest BCUT2D eigenvalue weighted by Gasteiger charge is 2.68. The maximum absolute atomic E-state index is 13.1. The third-order valence-electron chi connectivity index (χ3n) is 6.34. The summed E-state index contributed by atoms with van der Waals surface area (Å²) in [4.78, 5) is 28.5. The Balaban J connectivity index is 1.31. The van der Waals surface area contributed by atoms with E-state index in [1.807, 2.05) is 6.07 Å². The average molecular weight is 414 g/mol. The second kappa shape index (κ2) is 6.43. The van der Waals surface area contributed by atoms with Gasteiger partial charge in [-0.2, -0.15) is 0 Å². The number of urea groups is 1. The Morgan fingerprint density at radius 1 is 1.03 bits per heavy atom. The fourth-order valence-corrected chi connectivity index (χ4v) is 6.14. The van der Waals surface area contributed by atoms with Crippen LogP contribution in [0.15, 0.2) is 47.6 Å². The normalized spacial score (nSPS) is 26.4. The first-order valence-electron chi connectivity index (χ1n) is 9.45. The van der Waals surface area contributed by atoms with Crippen LogP contribution in [0.2, 0.25) is 0 Å². The molecule has 1 aromatic carbocycles. The van der Waals surface area contributed by atoms with Gasteiger partial charge >= 0.3 is 6.03 Å². The monoisotopic (exact) mass is 414 g/mol. The average Bonchev–Trinajstić information content (AvgIpc) is 3.20. The molecule has 1 saturated carbocycles. The summed E-state index contributed by atoms with van der Waals surface area (Å²) < 4.78 is 27.8. The second-order valence-electron chi connectivity index (χ2n) is 7.89. The Morgan fingerprint density at radius 2 is 1.76 bits per heavy atom. The number of carbonyl (C=O) groups excluding carboxylic acids is 2. The number of pyridine rings is 1. The minimum atomic E-state index is -1.45. The van der Waals surface area contributed by atoms with Crippen LogP contribution in [0.1, 0.15) is 19.3 Å². The van der Waals surface area contributed by atoms with Gasteiger partial charge in [0.05, 0.1) is 0 Å². The molecule has 3 aliphatic rings. The molecule has 2 saturated heterocycles. The van der Waals surface area contributed by atoms with Crippen molar-refractivity contribution in [3.05, 3.63) is 48.4 Å². The Labute approximate surface area is 169 Å². The number of amides is 3. The molecule has 3 amide bonds. The van der Waals surface area contributed by atoms with Gasteiger partial charge in [-0.1, -0.05) is 18.2 Å². The van der Waals surface area contributed by atoms with Gasteiger partial charge in [-0.25, -0.2) is 22.7 Å². The van der Waals surface area contributed by atoms with Crippen molar-refractivity contribution >= 4 is 22.9 Å². The van der Waals surface area contributed by atoms with E-state index in [4.69, 9.17) is 0 Å². The highest BCUT2D eigenvalue weighted by Crippen LogP contribution is 2.54. The topological polar surface area (TPSA) is 91.4 Å².